The van der Waals surface area contributed by atoms with E-state index in [-0.39, 0.29) is 29.9 Å². The molecule has 42 heavy (non-hydrogen) atoms. The van der Waals surface area contributed by atoms with E-state index in [2.05, 4.69) is 22.0 Å². The summed E-state index contributed by atoms with van der Waals surface area (Å²) in [4.78, 5) is 56.9. The van der Waals surface area contributed by atoms with Crippen molar-refractivity contribution in [2.45, 2.75) is 57.0 Å². The Hall–Kier alpha value is -3.66. The number of amidine groups is 2. The van der Waals surface area contributed by atoms with E-state index in [0.717, 1.165) is 50.0 Å². The zero-order valence-corrected chi connectivity index (χ0v) is 25.0. The Balaban J connectivity index is 1.11. The number of hydrogen-bond acceptors (Lipinski definition) is 7. The van der Waals surface area contributed by atoms with Crippen LogP contribution in [0.25, 0.3) is 0 Å². The molecule has 3 amide bonds. The molecular weight excluding hydrogens is 548 g/mol. The van der Waals surface area contributed by atoms with Crippen molar-refractivity contribution in [3.63, 3.8) is 0 Å². The maximum atomic E-state index is 13.2. The lowest BCUT2D eigenvalue weighted by Gasteiger charge is -2.36. The van der Waals surface area contributed by atoms with Gasteiger partial charge in [-0.05, 0) is 43.5 Å². The molecule has 0 aromatic heterocycles. The minimum absolute atomic E-state index is 0.0526. The number of rotatable bonds is 7. The SMILES string of the molecule is CN(C(=O)CSC1=Nc2ccccc2C2=NC(=O)C(CCC(=O)N3CCN(c4ccccc4)CC3)N12)C1CCCCC1. The van der Waals surface area contributed by atoms with Gasteiger partial charge in [0, 0.05) is 56.9 Å². The van der Waals surface area contributed by atoms with Gasteiger partial charge in [-0.2, -0.15) is 4.99 Å². The number of carbonyl (C=O) groups is 3. The first-order chi connectivity index (χ1) is 20.5. The summed E-state index contributed by atoms with van der Waals surface area (Å²) >= 11 is 1.35. The summed E-state index contributed by atoms with van der Waals surface area (Å²) in [6.07, 6.45) is 6.27. The van der Waals surface area contributed by atoms with Gasteiger partial charge < -0.3 is 14.7 Å². The number of aliphatic imine (C=N–C) groups is 2. The molecular formula is C32H38N6O3S. The number of amides is 3. The Bertz CT molecular complexity index is 1380. The number of hydrogen-bond donors (Lipinski definition) is 0. The van der Waals surface area contributed by atoms with Crippen LogP contribution in [0.4, 0.5) is 11.4 Å². The van der Waals surface area contributed by atoms with Crippen LogP contribution in [-0.4, -0.2) is 94.5 Å². The standard InChI is InChI=1S/C32H38N6O3S/c1-35(23-10-4-2-5-11-23)29(40)22-42-32-33-26-15-9-8-14-25(26)30-34-31(41)27(38(30)32)16-17-28(39)37-20-18-36(19-21-37)24-12-6-3-7-13-24/h3,6-9,12-15,23,27H,2,4-5,10-11,16-22H2,1H3. The van der Waals surface area contributed by atoms with Gasteiger partial charge in [0.05, 0.1) is 11.4 Å². The van der Waals surface area contributed by atoms with Crippen molar-refractivity contribution in [2.75, 3.05) is 43.9 Å². The van der Waals surface area contributed by atoms with Crippen molar-refractivity contribution in [2.24, 2.45) is 9.98 Å². The van der Waals surface area contributed by atoms with Crippen LogP contribution >= 0.6 is 11.8 Å². The second kappa shape index (κ2) is 12.7. The molecule has 0 N–H and O–H groups in total. The molecule has 2 aromatic carbocycles. The fourth-order valence-electron chi connectivity index (χ4n) is 6.35. The molecule has 1 aliphatic carbocycles. The third-order valence-corrected chi connectivity index (χ3v) is 9.77. The first-order valence-electron chi connectivity index (χ1n) is 15.1. The van der Waals surface area contributed by atoms with Gasteiger partial charge >= 0.3 is 0 Å². The molecule has 1 unspecified atom stereocenters. The molecule has 1 saturated carbocycles. The zero-order chi connectivity index (χ0) is 29.1. The molecule has 1 saturated heterocycles. The van der Waals surface area contributed by atoms with E-state index in [4.69, 9.17) is 4.99 Å². The summed E-state index contributed by atoms with van der Waals surface area (Å²) in [6.45, 7) is 2.88. The lowest BCUT2D eigenvalue weighted by Crippen LogP contribution is -2.49. The number of thioether (sulfide) groups is 1. The van der Waals surface area contributed by atoms with Crippen LogP contribution in [0.3, 0.4) is 0 Å². The highest BCUT2D eigenvalue weighted by Gasteiger charge is 2.42. The normalized spacial score (nSPS) is 20.5. The Morgan fingerprint density at radius 2 is 1.64 bits per heavy atom. The topological polar surface area (TPSA) is 88.9 Å². The fraction of sp³-hybridized carbons (Fsp3) is 0.469. The van der Waals surface area contributed by atoms with Gasteiger partial charge in [0.15, 0.2) is 5.17 Å². The number of para-hydroxylation sites is 2. The lowest BCUT2D eigenvalue weighted by atomic mass is 9.94. The molecule has 220 valence electrons. The van der Waals surface area contributed by atoms with Crippen LogP contribution in [0.5, 0.6) is 0 Å². The van der Waals surface area contributed by atoms with Crippen LogP contribution < -0.4 is 4.90 Å². The van der Waals surface area contributed by atoms with Gasteiger partial charge in [-0.25, -0.2) is 4.99 Å². The number of anilines is 1. The van der Waals surface area contributed by atoms with E-state index in [0.29, 0.717) is 36.6 Å². The van der Waals surface area contributed by atoms with E-state index in [1.807, 2.05) is 64.2 Å². The lowest BCUT2D eigenvalue weighted by molar-refractivity contribution is -0.132. The van der Waals surface area contributed by atoms with Crippen molar-refractivity contribution in [3.05, 3.63) is 60.2 Å². The molecule has 3 aliphatic heterocycles. The van der Waals surface area contributed by atoms with E-state index in [1.165, 1.54) is 23.9 Å². The van der Waals surface area contributed by atoms with E-state index < -0.39 is 6.04 Å². The number of fused-ring (bicyclic) bond motifs is 3. The molecule has 9 nitrogen and oxygen atoms in total. The molecule has 2 aromatic rings. The minimum atomic E-state index is -0.611. The summed E-state index contributed by atoms with van der Waals surface area (Å²) in [5.41, 5.74) is 2.71. The largest absolute Gasteiger partial charge is 0.368 e. The fourth-order valence-corrected chi connectivity index (χ4v) is 7.32. The summed E-state index contributed by atoms with van der Waals surface area (Å²) in [5.74, 6) is 0.664. The molecule has 1 atom stereocenters. The van der Waals surface area contributed by atoms with Gasteiger partial charge in [0.25, 0.3) is 5.91 Å². The maximum Gasteiger partial charge on any atom is 0.270 e. The second-order valence-electron chi connectivity index (χ2n) is 11.4. The average molecular weight is 587 g/mol. The van der Waals surface area contributed by atoms with Crippen LogP contribution in [0.2, 0.25) is 0 Å². The zero-order valence-electron chi connectivity index (χ0n) is 24.2. The summed E-state index contributed by atoms with van der Waals surface area (Å²) in [6, 6.07) is 17.6. The highest BCUT2D eigenvalue weighted by Crippen LogP contribution is 2.35. The molecule has 0 bridgehead atoms. The highest BCUT2D eigenvalue weighted by molar-refractivity contribution is 8.14. The second-order valence-corrected chi connectivity index (χ2v) is 12.3. The molecule has 10 heteroatoms. The van der Waals surface area contributed by atoms with Crippen LogP contribution in [0.15, 0.2) is 64.6 Å². The van der Waals surface area contributed by atoms with Gasteiger partial charge in [0.1, 0.15) is 11.9 Å². The Morgan fingerprint density at radius 3 is 2.40 bits per heavy atom. The molecule has 4 aliphatic rings. The number of benzene rings is 2. The van der Waals surface area contributed by atoms with Crippen LogP contribution in [0, 0.1) is 0 Å². The Morgan fingerprint density at radius 1 is 0.929 bits per heavy atom. The average Bonchev–Trinajstić information content (AvgIpc) is 3.38. The predicted octanol–water partition coefficient (Wildman–Crippen LogP) is 4.30. The summed E-state index contributed by atoms with van der Waals surface area (Å²) in [5, 5.41) is 0.595. The van der Waals surface area contributed by atoms with Crippen molar-refractivity contribution in [1.29, 1.82) is 0 Å². The molecule has 2 fully saturated rings. The number of nitrogens with zero attached hydrogens (tertiary/aromatic N) is 6. The predicted molar refractivity (Wildman–Crippen MR) is 167 cm³/mol. The van der Waals surface area contributed by atoms with Gasteiger partial charge in [-0.1, -0.05) is 61.4 Å². The number of piperazine rings is 1. The third kappa shape index (κ3) is 5.95. The van der Waals surface area contributed by atoms with E-state index in [9.17, 15) is 14.4 Å². The molecule has 3 heterocycles. The highest BCUT2D eigenvalue weighted by atomic mass is 32.2. The van der Waals surface area contributed by atoms with E-state index in [1.54, 1.807) is 0 Å². The van der Waals surface area contributed by atoms with Gasteiger partial charge in [-0.3, -0.25) is 19.3 Å². The smallest absolute Gasteiger partial charge is 0.270 e. The summed E-state index contributed by atoms with van der Waals surface area (Å²) < 4.78 is 0. The Kier molecular flexibility index (Phi) is 8.60. The quantitative estimate of drug-likeness (QED) is 0.481. The third-order valence-electron chi connectivity index (χ3n) is 8.83. The first kappa shape index (κ1) is 28.5. The van der Waals surface area contributed by atoms with Crippen molar-refractivity contribution < 1.29 is 14.4 Å². The minimum Gasteiger partial charge on any atom is -0.368 e. The first-order valence-corrected chi connectivity index (χ1v) is 16.0. The summed E-state index contributed by atoms with van der Waals surface area (Å²) in [7, 11) is 1.90. The molecule has 6 rings (SSSR count). The van der Waals surface area contributed by atoms with E-state index >= 15 is 0 Å². The van der Waals surface area contributed by atoms with Gasteiger partial charge in [-0.15, -0.1) is 0 Å². The van der Waals surface area contributed by atoms with Crippen molar-refractivity contribution >= 4 is 51.9 Å². The van der Waals surface area contributed by atoms with Gasteiger partial charge in [0.2, 0.25) is 11.8 Å². The van der Waals surface area contributed by atoms with Crippen LogP contribution in [0.1, 0.15) is 50.5 Å². The Labute approximate surface area is 251 Å². The van der Waals surface area contributed by atoms with Crippen molar-refractivity contribution in [3.8, 4) is 0 Å². The molecule has 0 spiro atoms. The van der Waals surface area contributed by atoms with Crippen molar-refractivity contribution in [1.82, 2.24) is 14.7 Å². The number of carbonyl (C=O) groups excluding carboxylic acids is 3. The molecule has 0 radical (unpaired) electrons. The van der Waals surface area contributed by atoms with Crippen LogP contribution in [-0.2, 0) is 14.4 Å². The maximum absolute atomic E-state index is 13.2. The monoisotopic (exact) mass is 586 g/mol.